The highest BCUT2D eigenvalue weighted by molar-refractivity contribution is 7.22. The van der Waals surface area contributed by atoms with Gasteiger partial charge in [-0.05, 0) is 91.0 Å². The number of hydrogen-bond acceptors (Lipinski definition) is 10. The zero-order valence-electron chi connectivity index (χ0n) is 27.6. The number of esters is 1. The molecule has 6 rings (SSSR count). The topological polar surface area (TPSA) is 124 Å². The number of nitrogens with zero attached hydrogens (tertiary/aromatic N) is 3. The number of methoxy groups -OCH3 is 1. The van der Waals surface area contributed by atoms with Crippen molar-refractivity contribution in [1.29, 1.82) is 0 Å². The van der Waals surface area contributed by atoms with E-state index in [4.69, 9.17) is 23.4 Å². The second-order valence-electron chi connectivity index (χ2n) is 13.7. The quantitative estimate of drug-likeness (QED) is 0.201. The minimum atomic E-state index is -1.69. The van der Waals surface area contributed by atoms with Crippen molar-refractivity contribution in [2.24, 2.45) is 0 Å². The summed E-state index contributed by atoms with van der Waals surface area (Å²) in [7, 11) is 1.49. The Kier molecular flexibility index (Phi) is 8.69. The number of carbonyl (C=O) groups excluding carboxylic acids is 1. The van der Waals surface area contributed by atoms with Crippen LogP contribution in [-0.2, 0) is 31.1 Å². The van der Waals surface area contributed by atoms with Gasteiger partial charge in [-0.2, -0.15) is 0 Å². The third kappa shape index (κ3) is 6.28. The van der Waals surface area contributed by atoms with E-state index in [1.165, 1.54) is 67.5 Å². The Morgan fingerprint density at radius 1 is 1.15 bits per heavy atom. The number of benzene rings is 1. The number of fused-ring (bicyclic) bond motifs is 3. The third-order valence-corrected chi connectivity index (χ3v) is 10.1. The lowest BCUT2D eigenvalue weighted by Gasteiger charge is -2.33. The van der Waals surface area contributed by atoms with Crippen LogP contribution in [0.15, 0.2) is 44.7 Å². The number of aromatic nitrogens is 3. The lowest BCUT2D eigenvalue weighted by Crippen LogP contribution is -2.54. The molecule has 0 aliphatic carbocycles. The number of carbonyl (C=O) groups is 1. The molecule has 3 aromatic heterocycles. The Morgan fingerprint density at radius 2 is 1.85 bits per heavy atom. The van der Waals surface area contributed by atoms with Gasteiger partial charge in [0.2, 0.25) is 5.89 Å². The van der Waals surface area contributed by atoms with E-state index in [0.717, 1.165) is 17.4 Å². The highest BCUT2D eigenvalue weighted by Gasteiger charge is 2.40. The minimum Gasteiger partial charge on any atom is -0.496 e. The van der Waals surface area contributed by atoms with Crippen molar-refractivity contribution in [3.05, 3.63) is 68.4 Å². The number of aryl methyl sites for hydroxylation is 1. The van der Waals surface area contributed by atoms with Gasteiger partial charge in [-0.25, -0.2) is 23.5 Å². The molecule has 47 heavy (non-hydrogen) atoms. The lowest BCUT2D eigenvalue weighted by atomic mass is 10.0. The Bertz CT molecular complexity index is 1910. The van der Waals surface area contributed by atoms with Crippen molar-refractivity contribution in [3.63, 3.8) is 0 Å². The minimum absolute atomic E-state index is 0.0723. The molecule has 5 heterocycles. The fraction of sp³-hybridized carbons (Fsp3) is 0.529. The largest absolute Gasteiger partial charge is 0.496 e. The van der Waals surface area contributed by atoms with Crippen LogP contribution >= 0.6 is 11.3 Å². The molecule has 252 valence electrons. The first-order valence-corrected chi connectivity index (χ1v) is 16.6. The summed E-state index contributed by atoms with van der Waals surface area (Å²) in [5.41, 5.74) is -2.99. The second kappa shape index (κ2) is 12.3. The number of rotatable bonds is 9. The third-order valence-electron chi connectivity index (χ3n) is 8.79. The van der Waals surface area contributed by atoms with Crippen molar-refractivity contribution < 1.29 is 32.5 Å². The lowest BCUT2D eigenvalue weighted by molar-refractivity contribution is -0.164. The van der Waals surface area contributed by atoms with E-state index in [1.807, 2.05) is 0 Å². The van der Waals surface area contributed by atoms with E-state index in [1.54, 1.807) is 27.7 Å². The Labute approximate surface area is 275 Å². The van der Waals surface area contributed by atoms with Gasteiger partial charge >= 0.3 is 11.7 Å². The van der Waals surface area contributed by atoms with E-state index in [0.29, 0.717) is 39.4 Å². The number of thiophene rings is 1. The standard InChI is InChI=1S/C34H40FN3O8S/c1-18-26-29(39)38(34(5,6)31(40)46-33(2,3)4)32(41)37(30(26)47-27(18)28-36-12-13-43-28)17-25(23-14-19(35)8-11-24(23)42-7)45-22-15-20-9-10-21(16-22)44-20/h8,11-14,20-22,25H,9-10,15-17H2,1-7H3/t20-,21+,22+,25-/m0/s1. The fourth-order valence-electron chi connectivity index (χ4n) is 6.52. The molecule has 2 fully saturated rings. The van der Waals surface area contributed by atoms with Crippen molar-refractivity contribution in [1.82, 2.24) is 14.1 Å². The summed E-state index contributed by atoms with van der Waals surface area (Å²) in [5, 5.41) is 0.230. The number of oxazole rings is 1. The summed E-state index contributed by atoms with van der Waals surface area (Å²) in [6.45, 7) is 9.75. The van der Waals surface area contributed by atoms with Gasteiger partial charge in [0, 0.05) is 5.56 Å². The van der Waals surface area contributed by atoms with Gasteiger partial charge in [-0.3, -0.25) is 9.36 Å². The highest BCUT2D eigenvalue weighted by atomic mass is 32.1. The number of hydrogen-bond donors (Lipinski definition) is 0. The van der Waals surface area contributed by atoms with Crippen LogP contribution in [-0.4, -0.2) is 51.1 Å². The Balaban J connectivity index is 1.56. The molecule has 4 atom stereocenters. The molecule has 0 unspecified atom stereocenters. The first-order chi connectivity index (χ1) is 22.2. The second-order valence-corrected chi connectivity index (χ2v) is 14.7. The van der Waals surface area contributed by atoms with Crippen molar-refractivity contribution in [2.45, 2.75) is 109 Å². The average Bonchev–Trinajstić information content (AvgIpc) is 3.72. The summed E-state index contributed by atoms with van der Waals surface area (Å²) in [6, 6.07) is 4.17. The molecule has 0 N–H and O–H groups in total. The smallest absolute Gasteiger partial charge is 0.333 e. The van der Waals surface area contributed by atoms with E-state index >= 15 is 0 Å². The molecule has 0 saturated carbocycles. The molecular formula is C34H40FN3O8S. The van der Waals surface area contributed by atoms with Gasteiger partial charge in [0.15, 0.2) is 0 Å². The van der Waals surface area contributed by atoms with Crippen LogP contribution in [0.4, 0.5) is 4.39 Å². The average molecular weight is 670 g/mol. The van der Waals surface area contributed by atoms with Crippen LogP contribution in [0.5, 0.6) is 5.75 Å². The maximum atomic E-state index is 14.8. The molecule has 13 heteroatoms. The summed E-state index contributed by atoms with van der Waals surface area (Å²) < 4.78 is 46.9. The predicted octanol–water partition coefficient (Wildman–Crippen LogP) is 5.88. The fourth-order valence-corrected chi connectivity index (χ4v) is 7.77. The molecule has 0 amide bonds. The van der Waals surface area contributed by atoms with E-state index in [2.05, 4.69) is 4.98 Å². The van der Waals surface area contributed by atoms with Gasteiger partial charge in [0.1, 0.15) is 39.9 Å². The van der Waals surface area contributed by atoms with Gasteiger partial charge < -0.3 is 23.4 Å². The summed E-state index contributed by atoms with van der Waals surface area (Å²) >= 11 is 1.18. The molecule has 2 saturated heterocycles. The van der Waals surface area contributed by atoms with Gasteiger partial charge in [-0.1, -0.05) is 0 Å². The van der Waals surface area contributed by atoms with Gasteiger partial charge in [0.05, 0.1) is 48.4 Å². The van der Waals surface area contributed by atoms with Crippen LogP contribution in [0.1, 0.15) is 77.5 Å². The molecule has 2 bridgehead atoms. The first kappa shape index (κ1) is 33.1. The van der Waals surface area contributed by atoms with Crippen molar-refractivity contribution in [3.8, 4) is 16.5 Å². The summed E-state index contributed by atoms with van der Waals surface area (Å²) in [4.78, 5) is 47.7. The predicted molar refractivity (Wildman–Crippen MR) is 173 cm³/mol. The first-order valence-electron chi connectivity index (χ1n) is 15.7. The van der Waals surface area contributed by atoms with Crippen LogP contribution < -0.4 is 16.0 Å². The molecular weight excluding hydrogens is 629 g/mol. The highest BCUT2D eigenvalue weighted by Crippen LogP contribution is 2.40. The molecule has 0 spiro atoms. The van der Waals surface area contributed by atoms with Crippen molar-refractivity contribution >= 4 is 27.5 Å². The van der Waals surface area contributed by atoms with E-state index in [-0.39, 0.29) is 36.1 Å². The maximum absolute atomic E-state index is 14.8. The normalized spacial score (nSPS) is 20.5. The number of ether oxygens (including phenoxy) is 4. The van der Waals surface area contributed by atoms with Gasteiger partial charge in [0.25, 0.3) is 5.56 Å². The summed E-state index contributed by atoms with van der Waals surface area (Å²) in [6.07, 6.45) is 5.19. The summed E-state index contributed by atoms with van der Waals surface area (Å²) in [5.74, 6) is -0.556. The molecule has 0 radical (unpaired) electrons. The van der Waals surface area contributed by atoms with Crippen LogP contribution in [0.2, 0.25) is 0 Å². The monoisotopic (exact) mass is 669 g/mol. The number of halogens is 1. The molecule has 2 aliphatic rings. The van der Waals surface area contributed by atoms with Crippen LogP contribution in [0.3, 0.4) is 0 Å². The van der Waals surface area contributed by atoms with Crippen LogP contribution in [0.25, 0.3) is 21.0 Å². The van der Waals surface area contributed by atoms with E-state index < -0.39 is 40.3 Å². The Hall–Kier alpha value is -3.81. The zero-order chi connectivity index (χ0) is 33.8. The Morgan fingerprint density at radius 3 is 2.47 bits per heavy atom. The molecule has 2 aliphatic heterocycles. The van der Waals surface area contributed by atoms with Gasteiger partial charge in [-0.15, -0.1) is 11.3 Å². The van der Waals surface area contributed by atoms with Crippen LogP contribution in [0, 0.1) is 12.7 Å². The maximum Gasteiger partial charge on any atom is 0.333 e. The SMILES string of the molecule is COc1ccc(F)cc1[C@H](Cn1c(=O)n(C(C)(C)C(=O)OC(C)(C)C)c(=O)c2c(C)c(-c3ncco3)sc21)O[C@H]1C[C@H]2CC[C@@H](C1)O2. The zero-order valence-corrected chi connectivity index (χ0v) is 28.4. The molecule has 4 aromatic rings. The molecule has 1 aromatic carbocycles. The molecule has 11 nitrogen and oxygen atoms in total. The van der Waals surface area contributed by atoms with E-state index in [9.17, 15) is 18.8 Å². The van der Waals surface area contributed by atoms with Crippen molar-refractivity contribution in [2.75, 3.05) is 7.11 Å².